The SMILES string of the molecule is C/C(N)=C(\c1ccc(NC(=O)CC2c3ccc(F)cc3OCC23CC3)cn1)C(C)C. The number of hydrogen-bond donors (Lipinski definition) is 2. The zero-order valence-corrected chi connectivity index (χ0v) is 17.7. The number of fused-ring (bicyclic) bond motifs is 1. The van der Waals surface area contributed by atoms with E-state index in [1.165, 1.54) is 12.1 Å². The quantitative estimate of drug-likeness (QED) is 0.740. The summed E-state index contributed by atoms with van der Waals surface area (Å²) in [7, 11) is 0. The summed E-state index contributed by atoms with van der Waals surface area (Å²) in [6, 6.07) is 8.35. The highest BCUT2D eigenvalue weighted by atomic mass is 19.1. The Bertz CT molecular complexity index is 990. The van der Waals surface area contributed by atoms with E-state index in [1.54, 1.807) is 12.3 Å². The van der Waals surface area contributed by atoms with Gasteiger partial charge in [0.25, 0.3) is 0 Å². The van der Waals surface area contributed by atoms with Crippen molar-refractivity contribution in [1.29, 1.82) is 0 Å². The van der Waals surface area contributed by atoms with Crippen LogP contribution in [-0.2, 0) is 4.79 Å². The molecule has 0 radical (unpaired) electrons. The van der Waals surface area contributed by atoms with Gasteiger partial charge in [-0.15, -0.1) is 0 Å². The Morgan fingerprint density at radius 2 is 2.10 bits per heavy atom. The van der Waals surface area contributed by atoms with Crippen molar-refractivity contribution >= 4 is 17.2 Å². The number of nitrogens with two attached hydrogens (primary N) is 1. The van der Waals surface area contributed by atoms with Gasteiger partial charge in [-0.2, -0.15) is 0 Å². The number of anilines is 1. The van der Waals surface area contributed by atoms with E-state index in [2.05, 4.69) is 24.1 Å². The van der Waals surface area contributed by atoms with Gasteiger partial charge < -0.3 is 15.8 Å². The van der Waals surface area contributed by atoms with Gasteiger partial charge in [0.15, 0.2) is 0 Å². The Morgan fingerprint density at radius 3 is 2.70 bits per heavy atom. The van der Waals surface area contributed by atoms with Crippen molar-refractivity contribution in [3.8, 4) is 5.75 Å². The van der Waals surface area contributed by atoms with Gasteiger partial charge in [-0.1, -0.05) is 19.9 Å². The summed E-state index contributed by atoms with van der Waals surface area (Å²) in [6.45, 7) is 6.57. The minimum atomic E-state index is -0.322. The first-order valence-corrected chi connectivity index (χ1v) is 10.4. The van der Waals surface area contributed by atoms with E-state index in [0.717, 1.165) is 35.4 Å². The highest BCUT2D eigenvalue weighted by Gasteiger charge is 2.54. The lowest BCUT2D eigenvalue weighted by Gasteiger charge is -2.33. The van der Waals surface area contributed by atoms with Crippen molar-refractivity contribution in [2.75, 3.05) is 11.9 Å². The number of carbonyl (C=O) groups is 1. The fourth-order valence-electron chi connectivity index (χ4n) is 4.53. The Kier molecular flexibility index (Phi) is 5.26. The number of aromatic nitrogens is 1. The molecule has 158 valence electrons. The van der Waals surface area contributed by atoms with Crippen LogP contribution >= 0.6 is 0 Å². The number of amides is 1. The summed E-state index contributed by atoms with van der Waals surface area (Å²) >= 11 is 0. The number of halogens is 1. The maximum Gasteiger partial charge on any atom is 0.225 e. The minimum absolute atomic E-state index is 0.000109. The molecular weight excluding hydrogens is 381 g/mol. The molecule has 6 heteroatoms. The molecule has 2 aromatic rings. The third-order valence-electron chi connectivity index (χ3n) is 6.21. The predicted molar refractivity (Wildman–Crippen MR) is 115 cm³/mol. The predicted octanol–water partition coefficient (Wildman–Crippen LogP) is 4.85. The highest BCUT2D eigenvalue weighted by molar-refractivity contribution is 5.91. The van der Waals surface area contributed by atoms with E-state index in [4.69, 9.17) is 10.5 Å². The second kappa shape index (κ2) is 7.74. The standard InChI is InChI=1S/C24H28FN3O2/c1-14(2)23(15(3)26)20-7-5-17(12-27-20)28-22(29)11-19-18-6-4-16(25)10-21(18)30-13-24(19)8-9-24/h4-7,10,12,14,19H,8-9,11,13,26H2,1-3H3,(H,28,29)/b23-15+. The molecule has 1 aliphatic heterocycles. The summed E-state index contributed by atoms with van der Waals surface area (Å²) < 4.78 is 19.4. The first kappa shape index (κ1) is 20.4. The van der Waals surface area contributed by atoms with Gasteiger partial charge in [0.1, 0.15) is 11.6 Å². The van der Waals surface area contributed by atoms with Gasteiger partial charge in [0, 0.05) is 29.5 Å². The lowest BCUT2D eigenvalue weighted by molar-refractivity contribution is -0.117. The molecule has 2 aliphatic rings. The highest BCUT2D eigenvalue weighted by Crippen LogP contribution is 2.61. The monoisotopic (exact) mass is 409 g/mol. The molecule has 3 N–H and O–H groups in total. The fourth-order valence-corrected chi connectivity index (χ4v) is 4.53. The molecule has 2 heterocycles. The van der Waals surface area contributed by atoms with Crippen molar-refractivity contribution < 1.29 is 13.9 Å². The number of pyridine rings is 1. The molecule has 30 heavy (non-hydrogen) atoms. The van der Waals surface area contributed by atoms with Gasteiger partial charge in [-0.05, 0) is 55.0 Å². The van der Waals surface area contributed by atoms with Crippen LogP contribution in [0.25, 0.3) is 5.57 Å². The summed E-state index contributed by atoms with van der Waals surface area (Å²) in [6.07, 6.45) is 4.06. The molecule has 1 unspecified atom stereocenters. The van der Waals surface area contributed by atoms with E-state index in [0.29, 0.717) is 24.5 Å². The number of nitrogens with zero attached hydrogens (tertiary/aromatic N) is 1. The molecule has 1 amide bonds. The number of hydrogen-bond acceptors (Lipinski definition) is 4. The van der Waals surface area contributed by atoms with Crippen LogP contribution in [0.2, 0.25) is 0 Å². The first-order chi connectivity index (χ1) is 14.3. The Hall–Kier alpha value is -2.89. The molecule has 1 atom stereocenters. The molecule has 1 fully saturated rings. The minimum Gasteiger partial charge on any atom is -0.493 e. The van der Waals surface area contributed by atoms with Crippen molar-refractivity contribution in [3.05, 3.63) is 59.3 Å². The van der Waals surface area contributed by atoms with Crippen molar-refractivity contribution in [2.24, 2.45) is 17.1 Å². The summed E-state index contributed by atoms with van der Waals surface area (Å²) in [5.41, 5.74) is 10.2. The second-order valence-corrected chi connectivity index (χ2v) is 8.82. The van der Waals surface area contributed by atoms with Crippen molar-refractivity contribution in [1.82, 2.24) is 4.98 Å². The van der Waals surface area contributed by atoms with Gasteiger partial charge >= 0.3 is 0 Å². The van der Waals surface area contributed by atoms with Crippen LogP contribution < -0.4 is 15.8 Å². The molecule has 1 aliphatic carbocycles. The van der Waals surface area contributed by atoms with Gasteiger partial charge in [0.05, 0.1) is 24.2 Å². The van der Waals surface area contributed by atoms with Gasteiger partial charge in [-0.3, -0.25) is 9.78 Å². The zero-order valence-electron chi connectivity index (χ0n) is 17.7. The Labute approximate surface area is 176 Å². The second-order valence-electron chi connectivity index (χ2n) is 8.82. The van der Waals surface area contributed by atoms with Crippen LogP contribution in [-0.4, -0.2) is 17.5 Å². The smallest absolute Gasteiger partial charge is 0.225 e. The zero-order chi connectivity index (χ0) is 21.5. The lowest BCUT2D eigenvalue weighted by Crippen LogP contribution is -2.30. The topological polar surface area (TPSA) is 77.2 Å². The normalized spacial score (nSPS) is 19.7. The van der Waals surface area contributed by atoms with Crippen LogP contribution in [0.5, 0.6) is 5.75 Å². The van der Waals surface area contributed by atoms with Crippen LogP contribution in [0, 0.1) is 17.2 Å². The third-order valence-corrected chi connectivity index (χ3v) is 6.21. The average molecular weight is 410 g/mol. The number of ether oxygens (including phenoxy) is 1. The lowest BCUT2D eigenvalue weighted by atomic mass is 9.79. The van der Waals surface area contributed by atoms with Gasteiger partial charge in [0.2, 0.25) is 5.91 Å². The number of rotatable bonds is 5. The summed E-state index contributed by atoms with van der Waals surface area (Å²) in [4.78, 5) is 17.3. The van der Waals surface area contributed by atoms with E-state index in [9.17, 15) is 9.18 Å². The maximum absolute atomic E-state index is 13.6. The molecule has 5 nitrogen and oxygen atoms in total. The van der Waals surface area contributed by atoms with Crippen LogP contribution in [0.3, 0.4) is 0 Å². The first-order valence-electron chi connectivity index (χ1n) is 10.4. The van der Waals surface area contributed by atoms with Crippen LogP contribution in [0.1, 0.15) is 57.2 Å². The Morgan fingerprint density at radius 1 is 1.33 bits per heavy atom. The molecule has 1 aromatic heterocycles. The third kappa shape index (κ3) is 3.91. The molecular formula is C24H28FN3O2. The van der Waals surface area contributed by atoms with Crippen LogP contribution in [0.15, 0.2) is 42.2 Å². The van der Waals surface area contributed by atoms with Crippen LogP contribution in [0.4, 0.5) is 10.1 Å². The molecule has 1 aromatic carbocycles. The van der Waals surface area contributed by atoms with E-state index in [-0.39, 0.29) is 29.0 Å². The molecule has 0 saturated heterocycles. The largest absolute Gasteiger partial charge is 0.493 e. The van der Waals surface area contributed by atoms with Gasteiger partial charge in [-0.25, -0.2) is 4.39 Å². The molecule has 1 spiro atoms. The van der Waals surface area contributed by atoms with Crippen molar-refractivity contribution in [3.63, 3.8) is 0 Å². The number of benzene rings is 1. The number of carbonyl (C=O) groups excluding carboxylic acids is 1. The summed E-state index contributed by atoms with van der Waals surface area (Å²) in [5.74, 6) is 0.451. The summed E-state index contributed by atoms with van der Waals surface area (Å²) in [5, 5.41) is 2.96. The Balaban J connectivity index is 1.48. The number of allylic oxidation sites excluding steroid dienone is 2. The van der Waals surface area contributed by atoms with E-state index in [1.807, 2.05) is 19.1 Å². The molecule has 4 rings (SSSR count). The average Bonchev–Trinajstić information content (AvgIpc) is 3.46. The van der Waals surface area contributed by atoms with Crippen molar-refractivity contribution in [2.45, 2.75) is 46.0 Å². The van der Waals surface area contributed by atoms with E-state index >= 15 is 0 Å². The van der Waals surface area contributed by atoms with E-state index < -0.39 is 0 Å². The maximum atomic E-state index is 13.6. The molecule has 0 bridgehead atoms. The fraction of sp³-hybridized carbons (Fsp3) is 0.417. The number of nitrogens with one attached hydrogen (secondary N) is 1. The molecule has 1 saturated carbocycles.